The van der Waals surface area contributed by atoms with Gasteiger partial charge in [-0.3, -0.25) is 0 Å². The fraction of sp³-hybridized carbons (Fsp3) is 0.538. The summed E-state index contributed by atoms with van der Waals surface area (Å²) in [6.45, 7) is 2.29. The Balaban J connectivity index is 2.50. The molecule has 1 unspecified atom stereocenters. The molecule has 0 saturated carbocycles. The second-order valence-corrected chi connectivity index (χ2v) is 5.42. The lowest BCUT2D eigenvalue weighted by atomic mass is 10.1. The van der Waals surface area contributed by atoms with Crippen LogP contribution in [0.25, 0.3) is 0 Å². The molecule has 1 nitrogen and oxygen atoms in total. The SMILES string of the molecule is CSC(C)CCc1ccc(N(C)C)cc1. The molecule has 1 rings (SSSR count). The van der Waals surface area contributed by atoms with Gasteiger partial charge in [0.05, 0.1) is 0 Å². The van der Waals surface area contributed by atoms with Crippen LogP contribution in [0.4, 0.5) is 5.69 Å². The van der Waals surface area contributed by atoms with Crippen LogP contribution in [0.2, 0.25) is 0 Å². The third kappa shape index (κ3) is 4.17. The van der Waals surface area contributed by atoms with Gasteiger partial charge in [-0.1, -0.05) is 19.1 Å². The Morgan fingerprint density at radius 3 is 2.27 bits per heavy atom. The monoisotopic (exact) mass is 223 g/mol. The van der Waals surface area contributed by atoms with Crippen molar-refractivity contribution in [1.82, 2.24) is 0 Å². The van der Waals surface area contributed by atoms with Gasteiger partial charge in [0.2, 0.25) is 0 Å². The van der Waals surface area contributed by atoms with E-state index in [-0.39, 0.29) is 0 Å². The Hall–Kier alpha value is -0.630. The van der Waals surface area contributed by atoms with Crippen LogP contribution >= 0.6 is 11.8 Å². The summed E-state index contributed by atoms with van der Waals surface area (Å²) in [5.74, 6) is 0. The van der Waals surface area contributed by atoms with Crippen LogP contribution in [0, 0.1) is 0 Å². The fourth-order valence-electron chi connectivity index (χ4n) is 1.45. The second-order valence-electron chi connectivity index (χ2n) is 4.15. The molecular weight excluding hydrogens is 202 g/mol. The van der Waals surface area contributed by atoms with Crippen LogP contribution in [0.15, 0.2) is 24.3 Å². The van der Waals surface area contributed by atoms with Gasteiger partial charge in [-0.25, -0.2) is 0 Å². The molecule has 0 radical (unpaired) electrons. The first-order valence-electron chi connectivity index (χ1n) is 5.42. The smallest absolute Gasteiger partial charge is 0.0361 e. The van der Waals surface area contributed by atoms with Crippen molar-refractivity contribution in [3.63, 3.8) is 0 Å². The maximum absolute atomic E-state index is 2.29. The van der Waals surface area contributed by atoms with Gasteiger partial charge in [0.1, 0.15) is 0 Å². The summed E-state index contributed by atoms with van der Waals surface area (Å²) >= 11 is 1.94. The molecule has 0 aliphatic rings. The number of rotatable bonds is 5. The molecular formula is C13H21NS. The van der Waals surface area contributed by atoms with Crippen molar-refractivity contribution < 1.29 is 0 Å². The van der Waals surface area contributed by atoms with Crippen LogP contribution in [-0.4, -0.2) is 25.6 Å². The van der Waals surface area contributed by atoms with E-state index in [1.807, 2.05) is 11.8 Å². The number of thioether (sulfide) groups is 1. The Morgan fingerprint density at radius 1 is 1.20 bits per heavy atom. The van der Waals surface area contributed by atoms with Crippen molar-refractivity contribution in [2.75, 3.05) is 25.3 Å². The van der Waals surface area contributed by atoms with Crippen LogP contribution in [-0.2, 0) is 6.42 Å². The molecule has 0 aliphatic carbocycles. The summed E-state index contributed by atoms with van der Waals surface area (Å²) in [6, 6.07) is 8.86. The highest BCUT2D eigenvalue weighted by Crippen LogP contribution is 2.16. The third-order valence-corrected chi connectivity index (χ3v) is 3.74. The van der Waals surface area contributed by atoms with Gasteiger partial charge in [0.15, 0.2) is 0 Å². The van der Waals surface area contributed by atoms with Crippen LogP contribution in [0.3, 0.4) is 0 Å². The normalized spacial score (nSPS) is 12.5. The second kappa shape index (κ2) is 6.06. The van der Waals surface area contributed by atoms with Crippen molar-refractivity contribution in [2.45, 2.75) is 25.0 Å². The first kappa shape index (κ1) is 12.4. The summed E-state index contributed by atoms with van der Waals surface area (Å²) in [7, 11) is 4.15. The number of nitrogens with zero attached hydrogens (tertiary/aromatic N) is 1. The van der Waals surface area contributed by atoms with E-state index in [1.54, 1.807) is 0 Å². The van der Waals surface area contributed by atoms with E-state index in [4.69, 9.17) is 0 Å². The zero-order valence-electron chi connectivity index (χ0n) is 10.2. The van der Waals surface area contributed by atoms with Crippen molar-refractivity contribution >= 4 is 17.4 Å². The maximum atomic E-state index is 2.29. The van der Waals surface area contributed by atoms with E-state index in [0.717, 1.165) is 5.25 Å². The molecule has 0 amide bonds. The molecule has 0 bridgehead atoms. The van der Waals surface area contributed by atoms with Crippen molar-refractivity contribution in [3.05, 3.63) is 29.8 Å². The number of benzene rings is 1. The highest BCUT2D eigenvalue weighted by atomic mass is 32.2. The van der Waals surface area contributed by atoms with Gasteiger partial charge in [-0.05, 0) is 36.8 Å². The zero-order valence-corrected chi connectivity index (χ0v) is 11.0. The number of hydrogen-bond acceptors (Lipinski definition) is 2. The molecule has 0 N–H and O–H groups in total. The molecule has 0 spiro atoms. The van der Waals surface area contributed by atoms with E-state index in [9.17, 15) is 0 Å². The molecule has 0 aliphatic heterocycles. The summed E-state index contributed by atoms with van der Waals surface area (Å²) in [6.07, 6.45) is 4.64. The molecule has 0 fully saturated rings. The van der Waals surface area contributed by atoms with Gasteiger partial charge in [-0.2, -0.15) is 11.8 Å². The fourth-order valence-corrected chi connectivity index (χ4v) is 1.80. The predicted octanol–water partition coefficient (Wildman–Crippen LogP) is 3.44. The van der Waals surface area contributed by atoms with Gasteiger partial charge in [-0.15, -0.1) is 0 Å². The third-order valence-electron chi connectivity index (χ3n) is 2.69. The Kier molecular flexibility index (Phi) is 5.03. The number of hydrogen-bond donors (Lipinski definition) is 0. The Bertz CT molecular complexity index is 279. The quantitative estimate of drug-likeness (QED) is 0.752. The van der Waals surface area contributed by atoms with E-state index in [2.05, 4.69) is 56.4 Å². The molecule has 2 heteroatoms. The zero-order chi connectivity index (χ0) is 11.3. The summed E-state index contributed by atoms with van der Waals surface area (Å²) in [4.78, 5) is 2.13. The highest BCUT2D eigenvalue weighted by molar-refractivity contribution is 7.99. The van der Waals surface area contributed by atoms with Crippen molar-refractivity contribution in [1.29, 1.82) is 0 Å². The average molecular weight is 223 g/mol. The first-order valence-corrected chi connectivity index (χ1v) is 6.71. The van der Waals surface area contributed by atoms with Crippen LogP contribution < -0.4 is 4.90 Å². The summed E-state index contributed by atoms with van der Waals surface area (Å²) in [5.41, 5.74) is 2.72. The molecule has 1 atom stereocenters. The lowest BCUT2D eigenvalue weighted by Gasteiger charge is -2.13. The van der Waals surface area contributed by atoms with Crippen LogP contribution in [0.5, 0.6) is 0 Å². The van der Waals surface area contributed by atoms with E-state index < -0.39 is 0 Å². The lowest BCUT2D eigenvalue weighted by Crippen LogP contribution is -2.08. The molecule has 1 aromatic carbocycles. The minimum absolute atomic E-state index is 0.763. The number of aryl methyl sites for hydroxylation is 1. The van der Waals surface area contributed by atoms with Crippen molar-refractivity contribution in [3.8, 4) is 0 Å². The largest absolute Gasteiger partial charge is 0.378 e. The standard InChI is InChI=1S/C13H21NS/c1-11(15-4)5-6-12-7-9-13(10-8-12)14(2)3/h7-11H,5-6H2,1-4H3. The predicted molar refractivity (Wildman–Crippen MR) is 72.1 cm³/mol. The topological polar surface area (TPSA) is 3.24 Å². The lowest BCUT2D eigenvalue weighted by molar-refractivity contribution is 0.813. The summed E-state index contributed by atoms with van der Waals surface area (Å²) < 4.78 is 0. The first-order chi connectivity index (χ1) is 7.13. The van der Waals surface area contributed by atoms with Gasteiger partial charge in [0.25, 0.3) is 0 Å². The Labute approximate surface area is 97.9 Å². The molecule has 0 heterocycles. The molecule has 0 saturated heterocycles. The van der Waals surface area contributed by atoms with Crippen LogP contribution in [0.1, 0.15) is 18.9 Å². The van der Waals surface area contributed by atoms with Gasteiger partial charge >= 0.3 is 0 Å². The molecule has 0 aromatic heterocycles. The molecule has 84 valence electrons. The number of anilines is 1. The Morgan fingerprint density at radius 2 is 1.80 bits per heavy atom. The summed E-state index contributed by atoms with van der Waals surface area (Å²) in [5, 5.41) is 0.763. The maximum Gasteiger partial charge on any atom is 0.0361 e. The minimum atomic E-state index is 0.763. The van der Waals surface area contributed by atoms with E-state index in [1.165, 1.54) is 24.1 Å². The van der Waals surface area contributed by atoms with Gasteiger partial charge in [0, 0.05) is 25.0 Å². The van der Waals surface area contributed by atoms with E-state index in [0.29, 0.717) is 0 Å². The molecule has 1 aromatic rings. The molecule has 15 heavy (non-hydrogen) atoms. The average Bonchev–Trinajstić information content (AvgIpc) is 2.26. The van der Waals surface area contributed by atoms with E-state index >= 15 is 0 Å². The van der Waals surface area contributed by atoms with Gasteiger partial charge < -0.3 is 4.90 Å². The van der Waals surface area contributed by atoms with Crippen molar-refractivity contribution in [2.24, 2.45) is 0 Å². The highest BCUT2D eigenvalue weighted by Gasteiger charge is 2.01. The minimum Gasteiger partial charge on any atom is -0.378 e.